The van der Waals surface area contributed by atoms with E-state index in [0.29, 0.717) is 24.6 Å². The van der Waals surface area contributed by atoms with Crippen LogP contribution in [0.2, 0.25) is 0 Å². The number of anilines is 2. The van der Waals surface area contributed by atoms with Gasteiger partial charge in [-0.1, -0.05) is 11.3 Å². The van der Waals surface area contributed by atoms with E-state index >= 15 is 0 Å². The Bertz CT molecular complexity index is 942. The van der Waals surface area contributed by atoms with Crippen molar-refractivity contribution in [2.24, 2.45) is 5.92 Å². The molecule has 2 aliphatic rings. The Hall–Kier alpha value is -2.88. The van der Waals surface area contributed by atoms with Gasteiger partial charge in [0.25, 0.3) is 0 Å². The highest BCUT2D eigenvalue weighted by atomic mass is 32.1. The van der Waals surface area contributed by atoms with Crippen LogP contribution >= 0.6 is 11.3 Å². The lowest BCUT2D eigenvalue weighted by Crippen LogP contribution is -2.40. The maximum Gasteiger partial charge on any atom is 0.228 e. The molecule has 31 heavy (non-hydrogen) atoms. The summed E-state index contributed by atoms with van der Waals surface area (Å²) in [7, 11) is 3.23. The van der Waals surface area contributed by atoms with Gasteiger partial charge >= 0.3 is 0 Å². The zero-order valence-corrected chi connectivity index (χ0v) is 18.6. The minimum Gasteiger partial charge on any atom is -0.497 e. The van der Waals surface area contributed by atoms with E-state index in [4.69, 9.17) is 9.47 Å². The fraction of sp³-hybridized carbons (Fsp3) is 0.524. The summed E-state index contributed by atoms with van der Waals surface area (Å²) in [6.07, 6.45) is 2.95. The van der Waals surface area contributed by atoms with E-state index < -0.39 is 0 Å². The van der Waals surface area contributed by atoms with E-state index in [-0.39, 0.29) is 17.7 Å². The lowest BCUT2D eigenvalue weighted by Gasteiger charge is -2.30. The van der Waals surface area contributed by atoms with Crippen molar-refractivity contribution in [1.29, 1.82) is 0 Å². The van der Waals surface area contributed by atoms with Gasteiger partial charge in [0.05, 0.1) is 14.2 Å². The molecule has 3 heterocycles. The van der Waals surface area contributed by atoms with E-state index in [1.165, 1.54) is 11.3 Å². The van der Waals surface area contributed by atoms with Gasteiger partial charge in [-0.25, -0.2) is 0 Å². The zero-order chi connectivity index (χ0) is 21.8. The predicted octanol–water partition coefficient (Wildman–Crippen LogP) is 2.21. The number of rotatable bonds is 7. The van der Waals surface area contributed by atoms with Crippen molar-refractivity contribution in [2.45, 2.75) is 32.2 Å². The zero-order valence-electron chi connectivity index (χ0n) is 17.8. The van der Waals surface area contributed by atoms with Gasteiger partial charge in [0.15, 0.2) is 0 Å². The molecule has 2 amide bonds. The van der Waals surface area contributed by atoms with Crippen LogP contribution in [0.5, 0.6) is 11.5 Å². The molecule has 2 fully saturated rings. The normalized spacial score (nSPS) is 17.2. The second-order valence-electron chi connectivity index (χ2n) is 7.67. The Morgan fingerprint density at radius 2 is 1.94 bits per heavy atom. The molecule has 0 spiro atoms. The second kappa shape index (κ2) is 9.51. The van der Waals surface area contributed by atoms with Gasteiger partial charge in [0, 0.05) is 44.1 Å². The first-order valence-corrected chi connectivity index (χ1v) is 11.3. The fourth-order valence-electron chi connectivity index (χ4n) is 3.97. The molecule has 10 heteroatoms. The fourth-order valence-corrected chi connectivity index (χ4v) is 4.92. The van der Waals surface area contributed by atoms with E-state index in [2.05, 4.69) is 20.4 Å². The molecule has 9 nitrogen and oxygen atoms in total. The van der Waals surface area contributed by atoms with E-state index in [1.807, 2.05) is 18.2 Å². The molecule has 0 bridgehead atoms. The SMILES string of the molecule is COc1ccc(OC)c(CNC(=O)C2CCN(c3nnc(N4CCCC4=O)s3)CC2)c1. The van der Waals surface area contributed by atoms with E-state index in [0.717, 1.165) is 54.5 Å². The lowest BCUT2D eigenvalue weighted by molar-refractivity contribution is -0.125. The molecule has 1 N–H and O–H groups in total. The van der Waals surface area contributed by atoms with Crippen molar-refractivity contribution in [3.8, 4) is 11.5 Å². The van der Waals surface area contributed by atoms with Crippen molar-refractivity contribution in [3.63, 3.8) is 0 Å². The average molecular weight is 446 g/mol. The van der Waals surface area contributed by atoms with Gasteiger partial charge < -0.3 is 19.7 Å². The van der Waals surface area contributed by atoms with Crippen LogP contribution in [-0.4, -0.2) is 55.9 Å². The third kappa shape index (κ3) is 4.73. The average Bonchev–Trinajstić information content (AvgIpc) is 3.46. The summed E-state index contributed by atoms with van der Waals surface area (Å²) in [4.78, 5) is 28.5. The third-order valence-electron chi connectivity index (χ3n) is 5.78. The number of piperidine rings is 1. The van der Waals surface area contributed by atoms with Crippen LogP contribution in [0, 0.1) is 5.92 Å². The molecule has 1 aromatic carbocycles. The maximum absolute atomic E-state index is 12.7. The molecule has 2 aliphatic heterocycles. The number of hydrogen-bond donors (Lipinski definition) is 1. The number of carbonyl (C=O) groups excluding carboxylic acids is 2. The maximum atomic E-state index is 12.7. The number of hydrogen-bond acceptors (Lipinski definition) is 8. The first-order chi connectivity index (χ1) is 15.1. The van der Waals surface area contributed by atoms with Crippen molar-refractivity contribution < 1.29 is 19.1 Å². The van der Waals surface area contributed by atoms with Crippen LogP contribution in [0.1, 0.15) is 31.2 Å². The van der Waals surface area contributed by atoms with Crippen molar-refractivity contribution in [3.05, 3.63) is 23.8 Å². The second-order valence-corrected chi connectivity index (χ2v) is 8.61. The van der Waals surface area contributed by atoms with Gasteiger partial charge in [-0.05, 0) is 37.5 Å². The predicted molar refractivity (Wildman–Crippen MR) is 118 cm³/mol. The summed E-state index contributed by atoms with van der Waals surface area (Å²) >= 11 is 1.45. The summed E-state index contributed by atoms with van der Waals surface area (Å²) in [5, 5.41) is 13.0. The Labute approximate surface area is 185 Å². The minimum absolute atomic E-state index is 0.0413. The highest BCUT2D eigenvalue weighted by Gasteiger charge is 2.29. The molecule has 2 saturated heterocycles. The monoisotopic (exact) mass is 445 g/mol. The van der Waals surface area contributed by atoms with Gasteiger partial charge in [0.1, 0.15) is 11.5 Å². The van der Waals surface area contributed by atoms with Crippen molar-refractivity contribution in [2.75, 3.05) is 43.7 Å². The topological polar surface area (TPSA) is 96.9 Å². The smallest absolute Gasteiger partial charge is 0.228 e. The van der Waals surface area contributed by atoms with Gasteiger partial charge in [-0.3, -0.25) is 14.5 Å². The Kier molecular flexibility index (Phi) is 6.55. The number of nitrogens with zero attached hydrogens (tertiary/aromatic N) is 4. The Morgan fingerprint density at radius 1 is 1.16 bits per heavy atom. The first-order valence-electron chi connectivity index (χ1n) is 10.5. The largest absolute Gasteiger partial charge is 0.497 e. The van der Waals surface area contributed by atoms with Crippen LogP contribution in [0.3, 0.4) is 0 Å². The Morgan fingerprint density at radius 3 is 2.61 bits per heavy atom. The molecule has 0 saturated carbocycles. The van der Waals surface area contributed by atoms with Crippen LogP contribution in [0.4, 0.5) is 10.3 Å². The Balaban J connectivity index is 1.29. The molecule has 4 rings (SSSR count). The summed E-state index contributed by atoms with van der Waals surface area (Å²) in [6.45, 7) is 2.59. The van der Waals surface area contributed by atoms with Gasteiger partial charge in [-0.2, -0.15) is 0 Å². The van der Waals surface area contributed by atoms with Crippen LogP contribution in [0.15, 0.2) is 18.2 Å². The van der Waals surface area contributed by atoms with E-state index in [1.54, 1.807) is 19.1 Å². The highest BCUT2D eigenvalue weighted by Crippen LogP contribution is 2.32. The molecule has 0 unspecified atom stereocenters. The molecule has 166 valence electrons. The minimum atomic E-state index is -0.0413. The highest BCUT2D eigenvalue weighted by molar-refractivity contribution is 7.19. The van der Waals surface area contributed by atoms with Gasteiger partial charge in [0.2, 0.25) is 22.1 Å². The number of nitrogens with one attached hydrogen (secondary N) is 1. The molecule has 1 aromatic heterocycles. The summed E-state index contributed by atoms with van der Waals surface area (Å²) in [6, 6.07) is 5.54. The van der Waals surface area contributed by atoms with Crippen LogP contribution in [0.25, 0.3) is 0 Å². The molecule has 2 aromatic rings. The number of benzene rings is 1. The van der Waals surface area contributed by atoms with Gasteiger partial charge in [-0.15, -0.1) is 10.2 Å². The number of carbonyl (C=O) groups is 2. The number of methoxy groups -OCH3 is 2. The van der Waals surface area contributed by atoms with Crippen LogP contribution in [-0.2, 0) is 16.1 Å². The number of aromatic nitrogens is 2. The standard InChI is InChI=1S/C21H27N5O4S/c1-29-16-5-6-17(30-2)15(12-16)13-22-19(28)14-7-10-25(11-8-14)20-23-24-21(31-20)26-9-3-4-18(26)27/h5-6,12,14H,3-4,7-11,13H2,1-2H3,(H,22,28). The molecular formula is C21H27N5O4S. The van der Waals surface area contributed by atoms with E-state index in [9.17, 15) is 9.59 Å². The quantitative estimate of drug-likeness (QED) is 0.698. The molecule has 0 aliphatic carbocycles. The van der Waals surface area contributed by atoms with Crippen LogP contribution < -0.4 is 24.6 Å². The summed E-state index contributed by atoms with van der Waals surface area (Å²) in [5.74, 6) is 1.57. The first kappa shape index (κ1) is 21.4. The third-order valence-corrected chi connectivity index (χ3v) is 6.79. The molecular weight excluding hydrogens is 418 g/mol. The number of amides is 2. The lowest BCUT2D eigenvalue weighted by atomic mass is 9.96. The number of ether oxygens (including phenoxy) is 2. The van der Waals surface area contributed by atoms with Crippen molar-refractivity contribution >= 4 is 33.4 Å². The molecule has 0 atom stereocenters. The summed E-state index contributed by atoms with van der Waals surface area (Å²) < 4.78 is 10.6. The molecule has 0 radical (unpaired) electrons. The van der Waals surface area contributed by atoms with Crippen molar-refractivity contribution in [1.82, 2.24) is 15.5 Å². The summed E-state index contributed by atoms with van der Waals surface area (Å²) in [5.41, 5.74) is 0.880.